The Morgan fingerprint density at radius 1 is 1.35 bits per heavy atom. The van der Waals surface area contributed by atoms with Crippen LogP contribution in [0.1, 0.15) is 19.5 Å². The summed E-state index contributed by atoms with van der Waals surface area (Å²) < 4.78 is 5.31. The van der Waals surface area contributed by atoms with Crippen molar-refractivity contribution in [1.82, 2.24) is 14.9 Å². The molecule has 1 heterocycles. The van der Waals surface area contributed by atoms with Gasteiger partial charge in [-0.3, -0.25) is 9.78 Å². The van der Waals surface area contributed by atoms with Gasteiger partial charge >= 0.3 is 0 Å². The van der Waals surface area contributed by atoms with E-state index in [1.165, 1.54) is 0 Å². The molecular formula is C15H19N3O2. The van der Waals surface area contributed by atoms with Gasteiger partial charge in [0.25, 0.3) is 5.91 Å². The number of hydrogen-bond acceptors (Lipinski definition) is 4. The van der Waals surface area contributed by atoms with Gasteiger partial charge in [0.15, 0.2) is 0 Å². The summed E-state index contributed by atoms with van der Waals surface area (Å²) in [7, 11) is 1.74. The van der Waals surface area contributed by atoms with E-state index in [1.54, 1.807) is 25.1 Å². The van der Waals surface area contributed by atoms with E-state index < -0.39 is 6.10 Å². The van der Waals surface area contributed by atoms with E-state index in [0.29, 0.717) is 13.2 Å². The quantitative estimate of drug-likeness (QED) is 0.836. The third-order valence-electron chi connectivity index (χ3n) is 3.04. The average Bonchev–Trinajstić information content (AvgIpc) is 2.46. The number of ether oxygens (including phenoxy) is 1. The van der Waals surface area contributed by atoms with Crippen molar-refractivity contribution >= 4 is 16.9 Å². The number of rotatable bonds is 5. The van der Waals surface area contributed by atoms with Gasteiger partial charge in [-0.15, -0.1) is 0 Å². The molecule has 0 saturated heterocycles. The van der Waals surface area contributed by atoms with Gasteiger partial charge in [0.1, 0.15) is 6.10 Å². The van der Waals surface area contributed by atoms with Crippen LogP contribution in [-0.2, 0) is 16.1 Å². The van der Waals surface area contributed by atoms with Crippen molar-refractivity contribution in [2.45, 2.75) is 26.5 Å². The first-order valence-electron chi connectivity index (χ1n) is 6.69. The van der Waals surface area contributed by atoms with Gasteiger partial charge in [-0.2, -0.15) is 0 Å². The van der Waals surface area contributed by atoms with Crippen molar-refractivity contribution < 1.29 is 9.53 Å². The van der Waals surface area contributed by atoms with Gasteiger partial charge in [0.2, 0.25) is 0 Å². The van der Waals surface area contributed by atoms with E-state index in [1.807, 2.05) is 31.2 Å². The molecule has 5 nitrogen and oxygen atoms in total. The van der Waals surface area contributed by atoms with Gasteiger partial charge in [-0.05, 0) is 26.0 Å². The SMILES string of the molecule is CCOC(C)C(=O)N(C)Cc1cnc2ccccc2n1. The molecule has 0 aliphatic carbocycles. The molecule has 1 aromatic heterocycles. The Bertz CT molecular complexity index is 600. The summed E-state index contributed by atoms with van der Waals surface area (Å²) in [6.07, 6.45) is 1.27. The number of carbonyl (C=O) groups excluding carboxylic acids is 1. The second-order valence-corrected chi connectivity index (χ2v) is 4.64. The summed E-state index contributed by atoms with van der Waals surface area (Å²) in [6.45, 7) is 4.58. The molecule has 0 aliphatic heterocycles. The molecule has 2 rings (SSSR count). The molecule has 0 N–H and O–H groups in total. The Morgan fingerprint density at radius 2 is 2.05 bits per heavy atom. The van der Waals surface area contributed by atoms with Crippen LogP contribution in [0.2, 0.25) is 0 Å². The Hall–Kier alpha value is -2.01. The van der Waals surface area contributed by atoms with E-state index in [4.69, 9.17) is 4.74 Å². The predicted molar refractivity (Wildman–Crippen MR) is 77.1 cm³/mol. The first-order chi connectivity index (χ1) is 9.61. The van der Waals surface area contributed by atoms with Gasteiger partial charge in [-0.25, -0.2) is 4.98 Å². The van der Waals surface area contributed by atoms with Crippen LogP contribution in [0.3, 0.4) is 0 Å². The number of carbonyl (C=O) groups is 1. The van der Waals surface area contributed by atoms with Crippen LogP contribution in [0.4, 0.5) is 0 Å². The lowest BCUT2D eigenvalue weighted by Crippen LogP contribution is -2.36. The number of fused-ring (bicyclic) bond motifs is 1. The Labute approximate surface area is 118 Å². The number of likely N-dealkylation sites (N-methyl/N-ethyl adjacent to an activating group) is 1. The molecule has 0 saturated carbocycles. The highest BCUT2D eigenvalue weighted by Crippen LogP contribution is 2.10. The summed E-state index contributed by atoms with van der Waals surface area (Å²) in [6, 6.07) is 7.68. The Morgan fingerprint density at radius 3 is 2.75 bits per heavy atom. The van der Waals surface area contributed by atoms with E-state index in [0.717, 1.165) is 16.7 Å². The van der Waals surface area contributed by atoms with Crippen LogP contribution in [0.25, 0.3) is 11.0 Å². The molecular weight excluding hydrogens is 254 g/mol. The fourth-order valence-corrected chi connectivity index (χ4v) is 2.02. The fourth-order valence-electron chi connectivity index (χ4n) is 2.02. The smallest absolute Gasteiger partial charge is 0.251 e. The second-order valence-electron chi connectivity index (χ2n) is 4.64. The third kappa shape index (κ3) is 3.30. The third-order valence-corrected chi connectivity index (χ3v) is 3.04. The number of benzene rings is 1. The summed E-state index contributed by atoms with van der Waals surface area (Å²) in [5, 5.41) is 0. The minimum atomic E-state index is -0.432. The zero-order valence-electron chi connectivity index (χ0n) is 12.0. The molecule has 1 aromatic carbocycles. The number of aromatic nitrogens is 2. The second kappa shape index (κ2) is 6.43. The maximum absolute atomic E-state index is 12.1. The molecule has 0 radical (unpaired) electrons. The van der Waals surface area contributed by atoms with Crippen molar-refractivity contribution in [2.75, 3.05) is 13.7 Å². The molecule has 106 valence electrons. The Balaban J connectivity index is 2.09. The first kappa shape index (κ1) is 14.4. The minimum absolute atomic E-state index is 0.0539. The molecule has 2 aromatic rings. The predicted octanol–water partition coefficient (Wildman–Crippen LogP) is 2.01. The summed E-state index contributed by atoms with van der Waals surface area (Å²) in [5.41, 5.74) is 2.46. The molecule has 0 fully saturated rings. The standard InChI is InChI=1S/C15H19N3O2/c1-4-20-11(2)15(19)18(3)10-12-9-16-13-7-5-6-8-14(13)17-12/h5-9,11H,4,10H2,1-3H3. The van der Waals surface area contributed by atoms with Gasteiger partial charge in [-0.1, -0.05) is 12.1 Å². The molecule has 1 unspecified atom stereocenters. The number of amides is 1. The van der Waals surface area contributed by atoms with Crippen molar-refractivity contribution in [2.24, 2.45) is 0 Å². The fraction of sp³-hybridized carbons (Fsp3) is 0.400. The first-order valence-corrected chi connectivity index (χ1v) is 6.69. The van der Waals surface area contributed by atoms with Crippen LogP contribution in [0.15, 0.2) is 30.5 Å². The number of nitrogens with zero attached hydrogens (tertiary/aromatic N) is 3. The highest BCUT2D eigenvalue weighted by molar-refractivity contribution is 5.80. The highest BCUT2D eigenvalue weighted by atomic mass is 16.5. The van der Waals surface area contributed by atoms with E-state index in [2.05, 4.69) is 9.97 Å². The zero-order valence-corrected chi connectivity index (χ0v) is 12.0. The molecule has 5 heteroatoms. The van der Waals surface area contributed by atoms with Crippen LogP contribution in [-0.4, -0.2) is 40.5 Å². The van der Waals surface area contributed by atoms with Gasteiger partial charge in [0.05, 0.1) is 29.5 Å². The Kier molecular flexibility index (Phi) is 4.63. The lowest BCUT2D eigenvalue weighted by atomic mass is 10.3. The normalized spacial score (nSPS) is 12.3. The summed E-state index contributed by atoms with van der Waals surface area (Å²) in [5.74, 6) is -0.0539. The zero-order chi connectivity index (χ0) is 14.5. The number of para-hydroxylation sites is 2. The summed E-state index contributed by atoms with van der Waals surface area (Å²) >= 11 is 0. The molecule has 1 atom stereocenters. The van der Waals surface area contributed by atoms with Crippen molar-refractivity contribution in [3.8, 4) is 0 Å². The van der Waals surface area contributed by atoms with Crippen LogP contribution < -0.4 is 0 Å². The highest BCUT2D eigenvalue weighted by Gasteiger charge is 2.18. The molecule has 1 amide bonds. The number of hydrogen-bond donors (Lipinski definition) is 0. The lowest BCUT2D eigenvalue weighted by Gasteiger charge is -2.20. The average molecular weight is 273 g/mol. The maximum Gasteiger partial charge on any atom is 0.251 e. The molecule has 20 heavy (non-hydrogen) atoms. The maximum atomic E-state index is 12.1. The largest absolute Gasteiger partial charge is 0.369 e. The van der Waals surface area contributed by atoms with Crippen molar-refractivity contribution in [1.29, 1.82) is 0 Å². The summed E-state index contributed by atoms with van der Waals surface area (Å²) in [4.78, 5) is 22.5. The molecule has 0 spiro atoms. The van der Waals surface area contributed by atoms with E-state index >= 15 is 0 Å². The lowest BCUT2D eigenvalue weighted by molar-refractivity contribution is -0.141. The van der Waals surface area contributed by atoms with Crippen LogP contribution in [0, 0.1) is 0 Å². The van der Waals surface area contributed by atoms with Crippen LogP contribution >= 0.6 is 0 Å². The molecule has 0 bridgehead atoms. The van der Waals surface area contributed by atoms with Crippen molar-refractivity contribution in [3.63, 3.8) is 0 Å². The van der Waals surface area contributed by atoms with Gasteiger partial charge < -0.3 is 9.64 Å². The van der Waals surface area contributed by atoms with Crippen LogP contribution in [0.5, 0.6) is 0 Å². The monoisotopic (exact) mass is 273 g/mol. The van der Waals surface area contributed by atoms with Crippen molar-refractivity contribution in [3.05, 3.63) is 36.2 Å². The van der Waals surface area contributed by atoms with Gasteiger partial charge in [0, 0.05) is 13.7 Å². The molecule has 0 aliphatic rings. The minimum Gasteiger partial charge on any atom is -0.369 e. The van der Waals surface area contributed by atoms with E-state index in [9.17, 15) is 4.79 Å². The van der Waals surface area contributed by atoms with E-state index in [-0.39, 0.29) is 5.91 Å². The topological polar surface area (TPSA) is 55.3 Å².